The highest BCUT2D eigenvalue weighted by Gasteiger charge is 2.24. The molecule has 0 spiro atoms. The van der Waals surface area contributed by atoms with E-state index in [0.29, 0.717) is 17.5 Å². The van der Waals surface area contributed by atoms with E-state index in [1.165, 1.54) is 0 Å². The van der Waals surface area contributed by atoms with E-state index in [2.05, 4.69) is 30.3 Å². The molecular weight excluding hydrogens is 430 g/mol. The highest BCUT2D eigenvalue weighted by Crippen LogP contribution is 2.49. The lowest BCUT2D eigenvalue weighted by molar-refractivity contribution is 0.488. The summed E-state index contributed by atoms with van der Waals surface area (Å²) in [6, 6.07) is 38.7. The minimum Gasteiger partial charge on any atom is -0.455 e. The van der Waals surface area contributed by atoms with Crippen LogP contribution >= 0.6 is 0 Å². The molecular formula is C31H19N3O. The number of hydrogen-bond acceptors (Lipinski definition) is 4. The van der Waals surface area contributed by atoms with Gasteiger partial charge in [-0.2, -0.15) is 0 Å². The lowest BCUT2D eigenvalue weighted by Crippen LogP contribution is -2.03. The minimum atomic E-state index is 0.587. The number of hydrogen-bond donors (Lipinski definition) is 0. The molecule has 0 bridgehead atoms. The molecule has 2 heterocycles. The van der Waals surface area contributed by atoms with E-state index >= 15 is 0 Å². The maximum atomic E-state index is 6.53. The Hall–Kier alpha value is -4.83. The third kappa shape index (κ3) is 3.27. The van der Waals surface area contributed by atoms with Crippen LogP contribution < -0.4 is 4.74 Å². The molecule has 164 valence electrons. The Bertz CT molecular complexity index is 1660. The van der Waals surface area contributed by atoms with Gasteiger partial charge in [0, 0.05) is 22.1 Å². The molecule has 1 aromatic heterocycles. The van der Waals surface area contributed by atoms with Gasteiger partial charge in [-0.15, -0.1) is 0 Å². The second kappa shape index (κ2) is 7.89. The van der Waals surface area contributed by atoms with Crippen LogP contribution in [0.15, 0.2) is 115 Å². The van der Waals surface area contributed by atoms with Crippen LogP contribution in [-0.4, -0.2) is 15.0 Å². The molecule has 5 aromatic carbocycles. The van der Waals surface area contributed by atoms with Gasteiger partial charge >= 0.3 is 0 Å². The summed E-state index contributed by atoms with van der Waals surface area (Å²) in [7, 11) is 0. The number of rotatable bonds is 3. The van der Waals surface area contributed by atoms with Gasteiger partial charge in [0.15, 0.2) is 17.5 Å². The van der Waals surface area contributed by atoms with Crippen molar-refractivity contribution in [2.45, 2.75) is 0 Å². The average Bonchev–Trinajstić information content (AvgIpc) is 2.94. The van der Waals surface area contributed by atoms with Gasteiger partial charge in [-0.05, 0) is 23.1 Å². The second-order valence-electron chi connectivity index (χ2n) is 8.48. The molecule has 1 aliphatic rings. The van der Waals surface area contributed by atoms with Gasteiger partial charge in [0.2, 0.25) is 0 Å². The van der Waals surface area contributed by atoms with E-state index < -0.39 is 0 Å². The standard InChI is InChI=1S/C31H19N3O/c1-3-10-21(11-4-1)29-32-30(22-12-5-2-6-13-22)34-31(33-29)25-19-18-20-14-9-16-24-23-15-7-8-17-26(23)35-28(25)27(20)24/h1-19H. The molecule has 0 fully saturated rings. The zero-order valence-electron chi connectivity index (χ0n) is 18.7. The van der Waals surface area contributed by atoms with Crippen molar-refractivity contribution in [2.75, 3.05) is 0 Å². The molecule has 35 heavy (non-hydrogen) atoms. The number of para-hydroxylation sites is 1. The Balaban J connectivity index is 1.51. The number of benzene rings is 5. The number of nitrogens with zero attached hydrogens (tertiary/aromatic N) is 3. The quantitative estimate of drug-likeness (QED) is 0.276. The summed E-state index contributed by atoms with van der Waals surface area (Å²) in [5.41, 5.74) is 4.97. The van der Waals surface area contributed by atoms with Crippen LogP contribution in [0.5, 0.6) is 11.5 Å². The molecule has 0 atom stereocenters. The highest BCUT2D eigenvalue weighted by atomic mass is 16.5. The molecule has 0 saturated heterocycles. The lowest BCUT2D eigenvalue weighted by atomic mass is 9.93. The summed E-state index contributed by atoms with van der Waals surface area (Å²) in [6.07, 6.45) is 0. The summed E-state index contributed by atoms with van der Waals surface area (Å²) in [5.74, 6) is 3.46. The van der Waals surface area contributed by atoms with Crippen molar-refractivity contribution in [3.63, 3.8) is 0 Å². The van der Waals surface area contributed by atoms with Crippen molar-refractivity contribution < 1.29 is 4.74 Å². The van der Waals surface area contributed by atoms with Crippen LogP contribution in [0.4, 0.5) is 0 Å². The van der Waals surface area contributed by atoms with Crippen LogP contribution in [0.2, 0.25) is 0 Å². The molecule has 4 nitrogen and oxygen atoms in total. The molecule has 0 unspecified atom stereocenters. The van der Waals surface area contributed by atoms with Crippen molar-refractivity contribution in [1.82, 2.24) is 15.0 Å². The van der Waals surface area contributed by atoms with Crippen molar-refractivity contribution in [1.29, 1.82) is 0 Å². The Morgan fingerprint density at radius 2 is 1.03 bits per heavy atom. The summed E-state index contributed by atoms with van der Waals surface area (Å²) in [6.45, 7) is 0. The first-order valence-corrected chi connectivity index (χ1v) is 11.6. The van der Waals surface area contributed by atoms with Crippen LogP contribution in [0.1, 0.15) is 0 Å². The van der Waals surface area contributed by atoms with Crippen molar-refractivity contribution in [3.05, 3.63) is 115 Å². The molecule has 0 saturated carbocycles. The van der Waals surface area contributed by atoms with Crippen LogP contribution in [0, 0.1) is 0 Å². The minimum absolute atomic E-state index is 0.587. The largest absolute Gasteiger partial charge is 0.455 e. The fourth-order valence-electron chi connectivity index (χ4n) is 4.67. The predicted octanol–water partition coefficient (Wildman–Crippen LogP) is 7.80. The average molecular weight is 450 g/mol. The molecule has 1 aliphatic heterocycles. The number of ether oxygens (including phenoxy) is 1. The zero-order valence-corrected chi connectivity index (χ0v) is 18.7. The number of fused-ring (bicyclic) bond motifs is 2. The smallest absolute Gasteiger partial charge is 0.167 e. The fourth-order valence-corrected chi connectivity index (χ4v) is 4.67. The van der Waals surface area contributed by atoms with Gasteiger partial charge in [-0.1, -0.05) is 103 Å². The van der Waals surface area contributed by atoms with Gasteiger partial charge < -0.3 is 4.74 Å². The van der Waals surface area contributed by atoms with E-state index in [1.54, 1.807) is 0 Å². The first kappa shape index (κ1) is 19.6. The Labute approximate surface area is 202 Å². The predicted molar refractivity (Wildman–Crippen MR) is 139 cm³/mol. The Morgan fingerprint density at radius 3 is 1.74 bits per heavy atom. The maximum absolute atomic E-state index is 6.53. The third-order valence-corrected chi connectivity index (χ3v) is 6.33. The normalized spacial score (nSPS) is 11.7. The van der Waals surface area contributed by atoms with Crippen LogP contribution in [0.3, 0.4) is 0 Å². The molecule has 0 aliphatic carbocycles. The highest BCUT2D eigenvalue weighted by molar-refractivity contribution is 6.07. The fraction of sp³-hybridized carbons (Fsp3) is 0. The first-order valence-electron chi connectivity index (χ1n) is 11.6. The van der Waals surface area contributed by atoms with E-state index in [0.717, 1.165) is 50.1 Å². The van der Waals surface area contributed by atoms with Crippen molar-refractivity contribution >= 4 is 10.8 Å². The Morgan fingerprint density at radius 1 is 0.429 bits per heavy atom. The maximum Gasteiger partial charge on any atom is 0.167 e. The topological polar surface area (TPSA) is 47.9 Å². The van der Waals surface area contributed by atoms with Gasteiger partial charge in [-0.3, -0.25) is 0 Å². The van der Waals surface area contributed by atoms with E-state index in [9.17, 15) is 0 Å². The van der Waals surface area contributed by atoms with Gasteiger partial charge in [-0.25, -0.2) is 15.0 Å². The summed E-state index contributed by atoms with van der Waals surface area (Å²) in [5, 5.41) is 2.20. The van der Waals surface area contributed by atoms with Crippen LogP contribution in [-0.2, 0) is 0 Å². The molecule has 0 radical (unpaired) electrons. The van der Waals surface area contributed by atoms with E-state index in [4.69, 9.17) is 19.7 Å². The third-order valence-electron chi connectivity index (χ3n) is 6.33. The molecule has 4 heteroatoms. The number of aromatic nitrogens is 3. The summed E-state index contributed by atoms with van der Waals surface area (Å²) < 4.78 is 6.53. The van der Waals surface area contributed by atoms with Gasteiger partial charge in [0.1, 0.15) is 11.5 Å². The van der Waals surface area contributed by atoms with E-state index in [1.807, 2.05) is 84.9 Å². The SMILES string of the molecule is c1ccc(-c2nc(-c3ccccc3)nc(-c3ccc4cccc5c4c3Oc3ccccc3-5)n2)cc1. The van der Waals surface area contributed by atoms with Crippen molar-refractivity contribution in [2.24, 2.45) is 0 Å². The second-order valence-corrected chi connectivity index (χ2v) is 8.48. The molecule has 0 amide bonds. The van der Waals surface area contributed by atoms with Gasteiger partial charge in [0.25, 0.3) is 0 Å². The van der Waals surface area contributed by atoms with Gasteiger partial charge in [0.05, 0.1) is 5.56 Å². The summed E-state index contributed by atoms with van der Waals surface area (Å²) in [4.78, 5) is 14.7. The molecule has 0 N–H and O–H groups in total. The van der Waals surface area contributed by atoms with Crippen LogP contribution in [0.25, 0.3) is 56.1 Å². The zero-order chi connectivity index (χ0) is 23.2. The summed E-state index contributed by atoms with van der Waals surface area (Å²) >= 11 is 0. The Kier molecular flexibility index (Phi) is 4.42. The van der Waals surface area contributed by atoms with E-state index in [-0.39, 0.29) is 0 Å². The monoisotopic (exact) mass is 449 g/mol. The lowest BCUT2D eigenvalue weighted by Gasteiger charge is -2.23. The molecule has 7 rings (SSSR count). The van der Waals surface area contributed by atoms with Crippen molar-refractivity contribution in [3.8, 4) is 56.8 Å². The molecule has 6 aromatic rings. The first-order chi connectivity index (χ1) is 17.3.